The molecule has 1 aliphatic heterocycles. The number of oxazole rings is 1. The average molecular weight is 209 g/mol. The second kappa shape index (κ2) is 4.02. The van der Waals surface area contributed by atoms with Gasteiger partial charge in [-0.1, -0.05) is 0 Å². The van der Waals surface area contributed by atoms with E-state index in [9.17, 15) is 4.79 Å². The summed E-state index contributed by atoms with van der Waals surface area (Å²) in [5, 5.41) is 0. The van der Waals surface area contributed by atoms with Crippen LogP contribution in [0.2, 0.25) is 0 Å². The molecule has 1 saturated heterocycles. The largest absolute Gasteiger partial charge is 0.444 e. The molecule has 0 bridgehead atoms. The van der Waals surface area contributed by atoms with Gasteiger partial charge >= 0.3 is 0 Å². The number of aromatic nitrogens is 1. The fraction of sp³-hybridized carbons (Fsp3) is 0.600. The summed E-state index contributed by atoms with van der Waals surface area (Å²) in [5.41, 5.74) is 5.36. The Kier molecular flexibility index (Phi) is 2.73. The molecule has 0 aliphatic carbocycles. The minimum Gasteiger partial charge on any atom is -0.444 e. The zero-order valence-electron chi connectivity index (χ0n) is 8.77. The molecule has 0 aromatic carbocycles. The van der Waals surface area contributed by atoms with Crippen LogP contribution in [0.15, 0.2) is 10.6 Å². The van der Waals surface area contributed by atoms with Gasteiger partial charge in [0.25, 0.3) is 0 Å². The van der Waals surface area contributed by atoms with Crippen LogP contribution in [0.1, 0.15) is 30.5 Å². The Labute approximate surface area is 88.3 Å². The monoisotopic (exact) mass is 209 g/mol. The predicted octanol–water partition coefficient (Wildman–Crippen LogP) is 0.605. The number of nitrogens with zero attached hydrogens (tertiary/aromatic N) is 2. The van der Waals surface area contributed by atoms with Crippen LogP contribution in [0, 0.1) is 6.92 Å². The predicted molar refractivity (Wildman–Crippen MR) is 54.0 cm³/mol. The lowest BCUT2D eigenvalue weighted by molar-refractivity contribution is -0.131. The topological polar surface area (TPSA) is 72.4 Å². The number of nitrogens with two attached hydrogens (primary N) is 1. The summed E-state index contributed by atoms with van der Waals surface area (Å²) in [6, 6.07) is -0.0188. The molecular formula is C10H15N3O2. The van der Waals surface area contributed by atoms with Crippen LogP contribution in [-0.4, -0.2) is 28.9 Å². The van der Waals surface area contributed by atoms with E-state index < -0.39 is 0 Å². The van der Waals surface area contributed by atoms with Crippen molar-refractivity contribution in [3.63, 3.8) is 0 Å². The summed E-state index contributed by atoms with van der Waals surface area (Å²) in [4.78, 5) is 17.5. The molecule has 0 radical (unpaired) electrons. The fourth-order valence-electron chi connectivity index (χ4n) is 1.97. The molecule has 5 heteroatoms. The van der Waals surface area contributed by atoms with Crippen LogP contribution in [0.5, 0.6) is 0 Å². The number of likely N-dealkylation sites (tertiary alicyclic amines) is 1. The van der Waals surface area contributed by atoms with Gasteiger partial charge in [0.15, 0.2) is 0 Å². The highest BCUT2D eigenvalue weighted by molar-refractivity contribution is 5.78. The van der Waals surface area contributed by atoms with Gasteiger partial charge in [-0.15, -0.1) is 0 Å². The Balaban J connectivity index is 2.18. The maximum Gasteiger partial charge on any atom is 0.236 e. The van der Waals surface area contributed by atoms with Crippen molar-refractivity contribution < 1.29 is 9.21 Å². The molecule has 2 N–H and O–H groups in total. The number of aryl methyl sites for hydroxylation is 1. The zero-order chi connectivity index (χ0) is 10.8. The van der Waals surface area contributed by atoms with E-state index in [0.29, 0.717) is 5.89 Å². The van der Waals surface area contributed by atoms with Crippen molar-refractivity contribution in [2.75, 3.05) is 13.1 Å². The molecule has 1 aromatic rings. The molecule has 15 heavy (non-hydrogen) atoms. The first-order chi connectivity index (χ1) is 7.22. The third-order valence-electron chi connectivity index (χ3n) is 2.67. The first kappa shape index (κ1) is 10.2. The first-order valence-electron chi connectivity index (χ1n) is 5.14. The van der Waals surface area contributed by atoms with Gasteiger partial charge in [-0.25, -0.2) is 4.98 Å². The molecule has 82 valence electrons. The van der Waals surface area contributed by atoms with Crippen molar-refractivity contribution in [2.24, 2.45) is 5.73 Å². The van der Waals surface area contributed by atoms with Gasteiger partial charge < -0.3 is 15.1 Å². The molecule has 1 aliphatic rings. The number of rotatable bonds is 2. The number of hydrogen-bond donors (Lipinski definition) is 1. The smallest absolute Gasteiger partial charge is 0.236 e. The average Bonchev–Trinajstić information content (AvgIpc) is 2.84. The molecule has 1 fully saturated rings. The third-order valence-corrected chi connectivity index (χ3v) is 2.67. The SMILES string of the molecule is Cc1cnc(C2CCCN2C(=O)CN)o1. The Morgan fingerprint density at radius 3 is 3.20 bits per heavy atom. The Bertz CT molecular complexity index is 361. The standard InChI is InChI=1S/C10H15N3O2/c1-7-6-12-10(15-7)8-3-2-4-13(8)9(14)5-11/h6,8H,2-5,11H2,1H3. The van der Waals surface area contributed by atoms with E-state index in [0.717, 1.165) is 25.1 Å². The minimum absolute atomic E-state index is 0.0188. The van der Waals surface area contributed by atoms with Crippen molar-refractivity contribution in [1.29, 1.82) is 0 Å². The molecule has 0 spiro atoms. The van der Waals surface area contributed by atoms with Gasteiger partial charge in [-0.3, -0.25) is 4.79 Å². The van der Waals surface area contributed by atoms with Crippen LogP contribution < -0.4 is 5.73 Å². The van der Waals surface area contributed by atoms with E-state index in [2.05, 4.69) is 4.98 Å². The van der Waals surface area contributed by atoms with Gasteiger partial charge in [0, 0.05) is 6.54 Å². The second-order valence-electron chi connectivity index (χ2n) is 3.76. The third kappa shape index (κ3) is 1.87. The van der Waals surface area contributed by atoms with Crippen molar-refractivity contribution in [2.45, 2.75) is 25.8 Å². The maximum absolute atomic E-state index is 11.5. The van der Waals surface area contributed by atoms with E-state index in [1.807, 2.05) is 6.92 Å². The van der Waals surface area contributed by atoms with E-state index in [1.165, 1.54) is 0 Å². The van der Waals surface area contributed by atoms with Gasteiger partial charge in [0.05, 0.1) is 12.7 Å². The number of carbonyl (C=O) groups is 1. The maximum atomic E-state index is 11.5. The van der Waals surface area contributed by atoms with Gasteiger partial charge in [0.1, 0.15) is 11.8 Å². The highest BCUT2D eigenvalue weighted by Gasteiger charge is 2.32. The highest BCUT2D eigenvalue weighted by Crippen LogP contribution is 2.31. The zero-order valence-corrected chi connectivity index (χ0v) is 8.77. The van der Waals surface area contributed by atoms with Gasteiger partial charge in [0.2, 0.25) is 11.8 Å². The molecule has 0 saturated carbocycles. The summed E-state index contributed by atoms with van der Waals surface area (Å²) in [5.74, 6) is 1.37. The molecule has 1 atom stereocenters. The number of hydrogen-bond acceptors (Lipinski definition) is 4. The lowest BCUT2D eigenvalue weighted by atomic mass is 10.2. The number of carbonyl (C=O) groups excluding carboxylic acids is 1. The summed E-state index contributed by atoms with van der Waals surface area (Å²) < 4.78 is 5.45. The van der Waals surface area contributed by atoms with E-state index in [1.54, 1.807) is 11.1 Å². The van der Waals surface area contributed by atoms with Crippen molar-refractivity contribution in [3.8, 4) is 0 Å². The quantitative estimate of drug-likeness (QED) is 0.774. The molecule has 2 rings (SSSR count). The van der Waals surface area contributed by atoms with Crippen LogP contribution in [0.3, 0.4) is 0 Å². The molecule has 1 unspecified atom stereocenters. The van der Waals surface area contributed by atoms with Crippen LogP contribution >= 0.6 is 0 Å². The lowest BCUT2D eigenvalue weighted by Gasteiger charge is -2.21. The molecule has 5 nitrogen and oxygen atoms in total. The molecule has 1 amide bonds. The minimum atomic E-state index is -0.0339. The summed E-state index contributed by atoms with van der Waals surface area (Å²) >= 11 is 0. The van der Waals surface area contributed by atoms with E-state index >= 15 is 0 Å². The van der Waals surface area contributed by atoms with Crippen molar-refractivity contribution in [3.05, 3.63) is 17.8 Å². The Hall–Kier alpha value is -1.36. The summed E-state index contributed by atoms with van der Waals surface area (Å²) in [6.07, 6.45) is 3.57. The summed E-state index contributed by atoms with van der Waals surface area (Å²) in [7, 11) is 0. The molecule has 2 heterocycles. The normalized spacial score (nSPS) is 20.9. The van der Waals surface area contributed by atoms with E-state index in [-0.39, 0.29) is 18.5 Å². The van der Waals surface area contributed by atoms with Crippen molar-refractivity contribution in [1.82, 2.24) is 9.88 Å². The Morgan fingerprint density at radius 2 is 2.60 bits per heavy atom. The fourth-order valence-corrected chi connectivity index (χ4v) is 1.97. The van der Waals surface area contributed by atoms with Crippen LogP contribution in [0.4, 0.5) is 0 Å². The van der Waals surface area contributed by atoms with Gasteiger partial charge in [-0.05, 0) is 19.8 Å². The molecule has 1 aromatic heterocycles. The molecular weight excluding hydrogens is 194 g/mol. The summed E-state index contributed by atoms with van der Waals surface area (Å²) in [6.45, 7) is 2.65. The lowest BCUT2D eigenvalue weighted by Crippen LogP contribution is -2.35. The van der Waals surface area contributed by atoms with Crippen molar-refractivity contribution >= 4 is 5.91 Å². The Morgan fingerprint density at radius 1 is 1.80 bits per heavy atom. The van der Waals surface area contributed by atoms with Gasteiger partial charge in [-0.2, -0.15) is 0 Å². The highest BCUT2D eigenvalue weighted by atomic mass is 16.4. The van der Waals surface area contributed by atoms with E-state index in [4.69, 9.17) is 10.2 Å². The second-order valence-corrected chi connectivity index (χ2v) is 3.76. The van der Waals surface area contributed by atoms with Crippen LogP contribution in [-0.2, 0) is 4.79 Å². The van der Waals surface area contributed by atoms with Crippen LogP contribution in [0.25, 0.3) is 0 Å². The number of amides is 1. The first-order valence-corrected chi connectivity index (χ1v) is 5.14.